The van der Waals surface area contributed by atoms with E-state index in [1.807, 2.05) is 5.32 Å². The summed E-state index contributed by atoms with van der Waals surface area (Å²) in [4.78, 5) is 12.1. The Morgan fingerprint density at radius 1 is 1.25 bits per heavy atom. The zero-order valence-corrected chi connectivity index (χ0v) is 13.3. The van der Waals surface area contributed by atoms with E-state index in [2.05, 4.69) is 0 Å². The Morgan fingerprint density at radius 2 is 1.88 bits per heavy atom. The molecular weight excluding hydrogens is 321 g/mol. The van der Waals surface area contributed by atoms with Crippen LogP contribution in [0, 0.1) is 0 Å². The molecule has 0 spiro atoms. The molecule has 0 aliphatic heterocycles. The second kappa shape index (κ2) is 6.68. The van der Waals surface area contributed by atoms with E-state index >= 15 is 0 Å². The fourth-order valence-electron chi connectivity index (χ4n) is 2.47. The third-order valence-electron chi connectivity index (χ3n) is 3.72. The second-order valence-electron chi connectivity index (χ2n) is 5.97. The zero-order valence-electron chi connectivity index (χ0n) is 13.3. The number of aryl methyl sites for hydroxylation is 1. The number of hydrogen-bond acceptors (Lipinski definition) is 2. The summed E-state index contributed by atoms with van der Waals surface area (Å²) in [5.74, 6) is -0.880. The van der Waals surface area contributed by atoms with Gasteiger partial charge in [-0.2, -0.15) is 13.2 Å². The standard InChI is InChI=1S/C17H19F3N2O2/c1-16(24,13-6-4-3-5-7-13)10-14(23)21-15(17(18,19)20)12-8-9-22(2)11-12/h3-9,11,15,24H,10H2,1-2H3,(H,21,23)/t15-,16+/m0/s1. The van der Waals surface area contributed by atoms with Crippen molar-refractivity contribution in [1.82, 2.24) is 9.88 Å². The van der Waals surface area contributed by atoms with Gasteiger partial charge in [-0.25, -0.2) is 0 Å². The lowest BCUT2D eigenvalue weighted by molar-refractivity contribution is -0.164. The predicted octanol–water partition coefficient (Wildman–Crippen LogP) is 3.04. The van der Waals surface area contributed by atoms with E-state index in [4.69, 9.17) is 0 Å². The van der Waals surface area contributed by atoms with E-state index in [1.54, 1.807) is 37.4 Å². The number of nitrogens with zero attached hydrogens (tertiary/aromatic N) is 1. The largest absolute Gasteiger partial charge is 0.412 e. The number of carbonyl (C=O) groups is 1. The Hall–Kier alpha value is -2.28. The van der Waals surface area contributed by atoms with Crippen LogP contribution in [-0.4, -0.2) is 21.8 Å². The third kappa shape index (κ3) is 4.38. The Kier molecular flexibility index (Phi) is 5.03. The summed E-state index contributed by atoms with van der Waals surface area (Å²) in [5.41, 5.74) is -1.15. The minimum atomic E-state index is -4.63. The van der Waals surface area contributed by atoms with Crippen LogP contribution in [0.3, 0.4) is 0 Å². The van der Waals surface area contributed by atoms with E-state index in [0.29, 0.717) is 5.56 Å². The molecule has 0 fully saturated rings. The number of nitrogens with one attached hydrogen (secondary N) is 1. The molecule has 1 amide bonds. The molecule has 7 heteroatoms. The van der Waals surface area contributed by atoms with Gasteiger partial charge in [0.15, 0.2) is 6.04 Å². The SMILES string of the molecule is Cn1ccc([C@H](NC(=O)C[C@@](C)(O)c2ccccc2)C(F)(F)F)c1. The number of amides is 1. The molecule has 4 nitrogen and oxygen atoms in total. The number of hydrogen-bond donors (Lipinski definition) is 2. The monoisotopic (exact) mass is 340 g/mol. The minimum absolute atomic E-state index is 0.0577. The topological polar surface area (TPSA) is 54.3 Å². The lowest BCUT2D eigenvalue weighted by atomic mass is 9.92. The Labute approximate surface area is 137 Å². The van der Waals surface area contributed by atoms with Crippen LogP contribution in [0.15, 0.2) is 48.8 Å². The van der Waals surface area contributed by atoms with E-state index < -0.39 is 30.1 Å². The van der Waals surface area contributed by atoms with E-state index in [-0.39, 0.29) is 5.56 Å². The molecule has 0 saturated heterocycles. The molecule has 0 radical (unpaired) electrons. The van der Waals surface area contributed by atoms with E-state index in [0.717, 1.165) is 0 Å². The molecule has 1 aromatic heterocycles. The van der Waals surface area contributed by atoms with Crippen molar-refractivity contribution in [2.75, 3.05) is 0 Å². The van der Waals surface area contributed by atoms with Gasteiger partial charge in [0.05, 0.1) is 12.0 Å². The first-order chi connectivity index (χ1) is 11.1. The van der Waals surface area contributed by atoms with Crippen LogP contribution in [-0.2, 0) is 17.4 Å². The van der Waals surface area contributed by atoms with Gasteiger partial charge in [-0.15, -0.1) is 0 Å². The first kappa shape index (κ1) is 18.1. The molecule has 130 valence electrons. The van der Waals surface area contributed by atoms with Crippen LogP contribution in [0.1, 0.15) is 30.5 Å². The van der Waals surface area contributed by atoms with Gasteiger partial charge in [0.25, 0.3) is 0 Å². The maximum Gasteiger partial charge on any atom is 0.412 e. The Balaban J connectivity index is 2.14. The molecule has 2 aromatic rings. The lowest BCUT2D eigenvalue weighted by Crippen LogP contribution is -2.40. The van der Waals surface area contributed by atoms with Gasteiger partial charge in [-0.1, -0.05) is 30.3 Å². The van der Waals surface area contributed by atoms with Crippen molar-refractivity contribution in [3.05, 3.63) is 59.9 Å². The maximum absolute atomic E-state index is 13.2. The quantitative estimate of drug-likeness (QED) is 0.879. The highest BCUT2D eigenvalue weighted by molar-refractivity contribution is 5.77. The summed E-state index contributed by atoms with van der Waals surface area (Å²) in [6, 6.07) is 7.53. The van der Waals surface area contributed by atoms with Crippen LogP contribution < -0.4 is 5.32 Å². The molecule has 0 aliphatic rings. The van der Waals surface area contributed by atoms with Crippen molar-refractivity contribution in [3.8, 4) is 0 Å². The predicted molar refractivity (Wildman–Crippen MR) is 83.0 cm³/mol. The molecule has 1 heterocycles. The summed E-state index contributed by atoms with van der Waals surface area (Å²) >= 11 is 0. The van der Waals surface area contributed by atoms with Crippen molar-refractivity contribution in [2.45, 2.75) is 31.2 Å². The van der Waals surface area contributed by atoms with Crippen LogP contribution in [0.2, 0.25) is 0 Å². The average Bonchev–Trinajstić information content (AvgIpc) is 2.90. The average molecular weight is 340 g/mol. The molecule has 0 unspecified atom stereocenters. The van der Waals surface area contributed by atoms with Gasteiger partial charge in [0, 0.05) is 25.0 Å². The van der Waals surface area contributed by atoms with Crippen molar-refractivity contribution < 1.29 is 23.1 Å². The molecule has 2 atom stereocenters. The van der Waals surface area contributed by atoms with Gasteiger partial charge in [0.2, 0.25) is 5.91 Å². The summed E-state index contributed by atoms with van der Waals surface area (Å²) in [5, 5.41) is 12.4. The number of alkyl halides is 3. The van der Waals surface area contributed by atoms with E-state index in [1.165, 1.54) is 30.0 Å². The van der Waals surface area contributed by atoms with E-state index in [9.17, 15) is 23.1 Å². The molecule has 0 bridgehead atoms. The van der Waals surface area contributed by atoms with Crippen molar-refractivity contribution in [1.29, 1.82) is 0 Å². The second-order valence-corrected chi connectivity index (χ2v) is 5.97. The Bertz CT molecular complexity index is 693. The van der Waals surface area contributed by atoms with Gasteiger partial charge in [-0.3, -0.25) is 4.79 Å². The number of aliphatic hydroxyl groups is 1. The van der Waals surface area contributed by atoms with Crippen LogP contribution >= 0.6 is 0 Å². The molecular formula is C17H19F3N2O2. The smallest absolute Gasteiger partial charge is 0.385 e. The number of benzene rings is 1. The van der Waals surface area contributed by atoms with Crippen molar-refractivity contribution >= 4 is 5.91 Å². The molecule has 0 aliphatic carbocycles. The van der Waals surface area contributed by atoms with Gasteiger partial charge >= 0.3 is 6.18 Å². The third-order valence-corrected chi connectivity index (χ3v) is 3.72. The summed E-state index contributed by atoms with van der Waals surface area (Å²) in [7, 11) is 1.60. The van der Waals surface area contributed by atoms with Gasteiger partial charge in [-0.05, 0) is 18.6 Å². The normalized spacial score (nSPS) is 15.6. The van der Waals surface area contributed by atoms with Crippen molar-refractivity contribution in [3.63, 3.8) is 0 Å². The summed E-state index contributed by atoms with van der Waals surface area (Å²) < 4.78 is 41.2. The molecule has 2 N–H and O–H groups in total. The summed E-state index contributed by atoms with van der Waals surface area (Å²) in [6.07, 6.45) is -2.33. The highest BCUT2D eigenvalue weighted by atomic mass is 19.4. The van der Waals surface area contributed by atoms with Crippen LogP contribution in [0.4, 0.5) is 13.2 Å². The van der Waals surface area contributed by atoms with Gasteiger partial charge < -0.3 is 15.0 Å². The number of carbonyl (C=O) groups excluding carboxylic acids is 1. The lowest BCUT2D eigenvalue weighted by Gasteiger charge is -2.26. The fourth-order valence-corrected chi connectivity index (χ4v) is 2.47. The first-order valence-corrected chi connectivity index (χ1v) is 7.35. The molecule has 24 heavy (non-hydrogen) atoms. The first-order valence-electron chi connectivity index (χ1n) is 7.35. The molecule has 2 rings (SSSR count). The Morgan fingerprint density at radius 3 is 2.38 bits per heavy atom. The fraction of sp³-hybridized carbons (Fsp3) is 0.353. The van der Waals surface area contributed by atoms with Crippen LogP contribution in [0.5, 0.6) is 0 Å². The number of rotatable bonds is 5. The zero-order chi connectivity index (χ0) is 18.0. The van der Waals surface area contributed by atoms with Gasteiger partial charge in [0.1, 0.15) is 0 Å². The molecule has 0 saturated carbocycles. The highest BCUT2D eigenvalue weighted by Gasteiger charge is 2.43. The highest BCUT2D eigenvalue weighted by Crippen LogP contribution is 2.33. The maximum atomic E-state index is 13.2. The van der Waals surface area contributed by atoms with Crippen molar-refractivity contribution in [2.24, 2.45) is 7.05 Å². The number of aromatic nitrogens is 1. The minimum Gasteiger partial charge on any atom is -0.385 e. The number of halogens is 3. The summed E-state index contributed by atoms with van der Waals surface area (Å²) in [6.45, 7) is 1.40. The van der Waals surface area contributed by atoms with Crippen LogP contribution in [0.25, 0.3) is 0 Å². The molecule has 1 aromatic carbocycles.